The van der Waals surface area contributed by atoms with Crippen LogP contribution in [0.3, 0.4) is 0 Å². The molecule has 0 aliphatic heterocycles. The minimum Gasteiger partial charge on any atom is -0.875 e. The van der Waals surface area contributed by atoms with Gasteiger partial charge in [-0.1, -0.05) is 62.5 Å². The summed E-state index contributed by atoms with van der Waals surface area (Å²) in [7, 11) is 0. The summed E-state index contributed by atoms with van der Waals surface area (Å²) in [6.07, 6.45) is 14.4. The molecule has 0 N–H and O–H groups in total. The molecule has 2 aliphatic rings. The average molecular weight is 300 g/mol. The molecule has 4 heteroatoms. The van der Waals surface area contributed by atoms with Gasteiger partial charge in [0.1, 0.15) is 0 Å². The summed E-state index contributed by atoms with van der Waals surface area (Å²) in [5.74, 6) is -0.109. The normalized spacial score (nSPS) is 14.0. The van der Waals surface area contributed by atoms with Crippen molar-refractivity contribution >= 4 is 0 Å². The van der Waals surface area contributed by atoms with Gasteiger partial charge in [0, 0.05) is 0 Å². The molecule has 0 fully saturated rings. The van der Waals surface area contributed by atoms with Gasteiger partial charge in [-0.15, -0.1) is 5.76 Å². The number of ether oxygens (including phenoxy) is 1. The summed E-state index contributed by atoms with van der Waals surface area (Å²) in [5, 5.41) is 21.4. The minimum atomic E-state index is -0.243. The molecule has 0 saturated carbocycles. The van der Waals surface area contributed by atoms with Gasteiger partial charge in [0.15, 0.2) is 0 Å². The predicted molar refractivity (Wildman–Crippen MR) is 67.9 cm³/mol. The molecule has 19 heavy (non-hydrogen) atoms. The van der Waals surface area contributed by atoms with Gasteiger partial charge in [-0.05, 0) is 17.8 Å². The van der Waals surface area contributed by atoms with Gasteiger partial charge in [0.25, 0.3) is 0 Å². The molecule has 0 heterocycles. The van der Waals surface area contributed by atoms with E-state index in [9.17, 15) is 10.2 Å². The maximum atomic E-state index is 10.9. The number of hydrogen-bond acceptors (Lipinski definition) is 3. The van der Waals surface area contributed by atoms with E-state index in [2.05, 4.69) is 0 Å². The number of allylic oxidation sites excluding steroid dienone is 11. The van der Waals surface area contributed by atoms with Crippen LogP contribution in [0, 0.1) is 0 Å². The van der Waals surface area contributed by atoms with Crippen molar-refractivity contribution in [2.24, 2.45) is 0 Å². The second kappa shape index (κ2) is 9.31. The van der Waals surface area contributed by atoms with Crippen molar-refractivity contribution in [2.45, 2.75) is 13.8 Å². The van der Waals surface area contributed by atoms with Gasteiger partial charge in [0.05, 0.1) is 5.95 Å². The van der Waals surface area contributed by atoms with E-state index in [1.807, 2.05) is 36.5 Å². The maximum Gasteiger partial charge on any atom is 2.00 e. The van der Waals surface area contributed by atoms with Crippen LogP contribution in [0.4, 0.5) is 0 Å². The van der Waals surface area contributed by atoms with Crippen molar-refractivity contribution in [3.8, 4) is 0 Å². The summed E-state index contributed by atoms with van der Waals surface area (Å²) in [6.45, 7) is 3.79. The summed E-state index contributed by atoms with van der Waals surface area (Å²) >= 11 is 0. The summed E-state index contributed by atoms with van der Waals surface area (Å²) < 4.78 is 4.75. The molecule has 0 aromatic rings. The van der Waals surface area contributed by atoms with E-state index in [0.29, 0.717) is 12.2 Å². The Labute approximate surface area is 124 Å². The molecule has 0 amide bonds. The molecule has 0 spiro atoms. The van der Waals surface area contributed by atoms with Crippen LogP contribution in [-0.2, 0) is 21.8 Å². The largest absolute Gasteiger partial charge is 2.00 e. The molecule has 3 nitrogen and oxygen atoms in total. The molecule has 0 unspecified atom stereocenters. The zero-order valence-corrected chi connectivity index (χ0v) is 12.0. The van der Waals surface area contributed by atoms with E-state index < -0.39 is 0 Å². The molecule has 0 radical (unpaired) electrons. The summed E-state index contributed by atoms with van der Waals surface area (Å²) in [5.41, 5.74) is 1.42. The van der Waals surface area contributed by atoms with Crippen molar-refractivity contribution in [3.05, 3.63) is 71.5 Å². The molecular formula is C15H16FeO3. The first-order chi connectivity index (χ1) is 8.65. The zero-order chi connectivity index (χ0) is 13.4. The first kappa shape index (κ1) is 17.4. The zero-order valence-electron chi connectivity index (χ0n) is 10.9. The van der Waals surface area contributed by atoms with Crippen LogP contribution in [0.25, 0.3) is 0 Å². The Morgan fingerprint density at radius 3 is 1.68 bits per heavy atom. The van der Waals surface area contributed by atoms with E-state index >= 15 is 0 Å². The van der Waals surface area contributed by atoms with Crippen LogP contribution in [-0.4, -0.2) is 6.61 Å². The summed E-state index contributed by atoms with van der Waals surface area (Å²) in [6, 6.07) is 0. The average Bonchev–Trinajstić information content (AvgIpc) is 3.04. The Hall–Kier alpha value is -1.64. The molecule has 0 saturated heterocycles. The van der Waals surface area contributed by atoms with Crippen LogP contribution < -0.4 is 10.2 Å². The fourth-order valence-corrected chi connectivity index (χ4v) is 1.33. The van der Waals surface area contributed by atoms with Crippen molar-refractivity contribution in [2.75, 3.05) is 6.61 Å². The van der Waals surface area contributed by atoms with E-state index in [-0.39, 0.29) is 28.8 Å². The fraction of sp³-hybridized carbons (Fsp3) is 0.200. The van der Waals surface area contributed by atoms with Crippen LogP contribution in [0.2, 0.25) is 0 Å². The van der Waals surface area contributed by atoms with Gasteiger partial charge in [-0.3, -0.25) is 0 Å². The van der Waals surface area contributed by atoms with Crippen molar-refractivity contribution in [1.29, 1.82) is 0 Å². The third-order valence-corrected chi connectivity index (χ3v) is 2.24. The molecule has 0 bridgehead atoms. The Morgan fingerprint density at radius 2 is 1.37 bits per heavy atom. The van der Waals surface area contributed by atoms with Crippen molar-refractivity contribution < 1.29 is 32.0 Å². The van der Waals surface area contributed by atoms with Crippen molar-refractivity contribution in [1.82, 2.24) is 0 Å². The van der Waals surface area contributed by atoms with E-state index in [1.54, 1.807) is 26.0 Å². The van der Waals surface area contributed by atoms with Crippen molar-refractivity contribution in [3.63, 3.8) is 0 Å². The smallest absolute Gasteiger partial charge is 0.875 e. The second-order valence-corrected chi connectivity index (χ2v) is 3.62. The quantitative estimate of drug-likeness (QED) is 0.573. The molecular weight excluding hydrogens is 284 g/mol. The predicted octanol–water partition coefficient (Wildman–Crippen LogP) is 1.47. The third-order valence-electron chi connectivity index (χ3n) is 2.24. The monoisotopic (exact) mass is 300 g/mol. The third kappa shape index (κ3) is 6.18. The molecule has 0 aromatic heterocycles. The molecule has 0 aromatic carbocycles. The Balaban J connectivity index is 0.000000331. The molecule has 0 atom stereocenters. The van der Waals surface area contributed by atoms with E-state index in [1.165, 1.54) is 0 Å². The second-order valence-electron chi connectivity index (χ2n) is 3.62. The Morgan fingerprint density at radius 1 is 0.947 bits per heavy atom. The van der Waals surface area contributed by atoms with Gasteiger partial charge < -0.3 is 14.9 Å². The van der Waals surface area contributed by atoms with Crippen LogP contribution in [0.5, 0.6) is 0 Å². The van der Waals surface area contributed by atoms with E-state index in [4.69, 9.17) is 4.74 Å². The summed E-state index contributed by atoms with van der Waals surface area (Å²) in [4.78, 5) is 0. The van der Waals surface area contributed by atoms with E-state index in [0.717, 1.165) is 5.57 Å². The number of hydrogen-bond donors (Lipinski definition) is 0. The van der Waals surface area contributed by atoms with Gasteiger partial charge in [0.2, 0.25) is 0 Å². The van der Waals surface area contributed by atoms with Gasteiger partial charge in [-0.25, -0.2) is 0 Å². The van der Waals surface area contributed by atoms with Crippen LogP contribution in [0.1, 0.15) is 13.8 Å². The fourth-order valence-electron chi connectivity index (χ4n) is 1.33. The van der Waals surface area contributed by atoms with Gasteiger partial charge >= 0.3 is 17.1 Å². The molecule has 102 valence electrons. The minimum absolute atomic E-state index is 0. The molecule has 2 aliphatic carbocycles. The molecule has 2 rings (SSSR count). The van der Waals surface area contributed by atoms with Gasteiger partial charge in [-0.2, -0.15) is 0 Å². The first-order valence-electron chi connectivity index (χ1n) is 5.76. The standard InChI is InChI=1S/C8H10O2.C7H8O.Fe/c1-2-10-8(9)7-5-3-4-6-7;1-6(8)7-4-2-3-5-7;/h3-6,9H,2H2,1H3;2-5,8H,1H3;/q;;+2/p-2. The van der Waals surface area contributed by atoms with Crippen LogP contribution >= 0.6 is 0 Å². The maximum absolute atomic E-state index is 10.9. The van der Waals surface area contributed by atoms with Crippen LogP contribution in [0.15, 0.2) is 71.5 Å². The SMILES string of the molecule is CC([O-])=C1C=CC=C1.CCOC([O-])=C1C=CC=C1.[Fe+2]. The number of rotatable bonds is 2. The first-order valence-corrected chi connectivity index (χ1v) is 5.76. The topological polar surface area (TPSA) is 55.3 Å². The Bertz CT molecular complexity index is 434. The Kier molecular flexibility index (Phi) is 8.51.